The average molecular weight is 428 g/mol. The molecule has 1 aromatic heterocycles. The monoisotopic (exact) mass is 427 g/mol. The second-order valence-corrected chi connectivity index (χ2v) is 8.46. The highest BCUT2D eigenvalue weighted by molar-refractivity contribution is 5.70. The van der Waals surface area contributed by atoms with Crippen molar-refractivity contribution in [2.45, 2.75) is 56.7 Å². The van der Waals surface area contributed by atoms with Gasteiger partial charge in [0.05, 0.1) is 30.8 Å². The molecule has 1 aliphatic carbocycles. The predicted molar refractivity (Wildman–Crippen MR) is 122 cm³/mol. The van der Waals surface area contributed by atoms with Crippen molar-refractivity contribution in [2.24, 2.45) is 5.84 Å². The molecule has 1 aliphatic heterocycles. The van der Waals surface area contributed by atoms with E-state index in [-0.39, 0.29) is 6.10 Å². The minimum Gasteiger partial charge on any atom is -0.497 e. The molecule has 31 heavy (non-hydrogen) atoms. The van der Waals surface area contributed by atoms with Gasteiger partial charge in [-0.1, -0.05) is 0 Å². The number of hydrazine groups is 1. The first-order valence-electron chi connectivity index (χ1n) is 11.0. The number of nitrogens with zero attached hydrogens (tertiary/aromatic N) is 4. The Kier molecular flexibility index (Phi) is 6.74. The molecule has 168 valence electrons. The Balaban J connectivity index is 1.36. The molecule has 0 unspecified atom stereocenters. The maximum atomic E-state index is 9.73. The van der Waals surface area contributed by atoms with Crippen LogP contribution in [0.5, 0.6) is 5.75 Å². The Bertz CT molecular complexity index is 847. The van der Waals surface area contributed by atoms with Crippen LogP contribution in [0.25, 0.3) is 0 Å². The van der Waals surface area contributed by atoms with Gasteiger partial charge in [0.1, 0.15) is 5.75 Å². The topological polar surface area (TPSA) is 126 Å². The van der Waals surface area contributed by atoms with Crippen molar-refractivity contribution in [2.75, 3.05) is 36.3 Å². The second kappa shape index (κ2) is 9.67. The van der Waals surface area contributed by atoms with Gasteiger partial charge in [-0.25, -0.2) is 10.8 Å². The second-order valence-electron chi connectivity index (χ2n) is 8.46. The van der Waals surface area contributed by atoms with Crippen LogP contribution in [0.3, 0.4) is 0 Å². The highest BCUT2D eigenvalue weighted by Gasteiger charge is 2.28. The summed E-state index contributed by atoms with van der Waals surface area (Å²) in [6.45, 7) is 2.01. The first kappa shape index (κ1) is 21.6. The number of aromatic nitrogens is 2. The van der Waals surface area contributed by atoms with Gasteiger partial charge in [-0.05, 0) is 62.8 Å². The number of rotatable bonds is 6. The van der Waals surface area contributed by atoms with Gasteiger partial charge in [0.15, 0.2) is 5.82 Å². The van der Waals surface area contributed by atoms with Gasteiger partial charge in [-0.2, -0.15) is 4.98 Å². The Labute approximate surface area is 183 Å². The van der Waals surface area contributed by atoms with Crippen LogP contribution in [0.15, 0.2) is 30.5 Å². The molecule has 2 heterocycles. The lowest BCUT2D eigenvalue weighted by atomic mass is 9.89. The van der Waals surface area contributed by atoms with Gasteiger partial charge >= 0.3 is 0 Å². The summed E-state index contributed by atoms with van der Waals surface area (Å²) in [6.07, 6.45) is 7.68. The third-order valence-electron chi connectivity index (χ3n) is 6.42. The zero-order chi connectivity index (χ0) is 21.8. The number of benzene rings is 1. The average Bonchev–Trinajstić information content (AvgIpc) is 2.81. The normalized spacial score (nSPS) is 22.8. The summed E-state index contributed by atoms with van der Waals surface area (Å²) in [5.74, 6) is 8.05. The zero-order valence-electron chi connectivity index (χ0n) is 18.1. The van der Waals surface area contributed by atoms with Crippen LogP contribution < -0.4 is 26.6 Å². The lowest BCUT2D eigenvalue weighted by molar-refractivity contribution is 0.0495. The number of hydrogen-bond acceptors (Lipinski definition) is 9. The number of methoxy groups -OCH3 is 1. The molecule has 2 aromatic rings. The molecule has 1 saturated carbocycles. The van der Waals surface area contributed by atoms with E-state index >= 15 is 0 Å². The van der Waals surface area contributed by atoms with E-state index in [9.17, 15) is 5.11 Å². The fourth-order valence-electron chi connectivity index (χ4n) is 4.53. The van der Waals surface area contributed by atoms with Gasteiger partial charge < -0.3 is 25.8 Å². The Hall–Kier alpha value is -2.62. The smallest absolute Gasteiger partial charge is 0.225 e. The first-order valence-corrected chi connectivity index (χ1v) is 11.0. The molecule has 0 spiro atoms. The summed E-state index contributed by atoms with van der Waals surface area (Å²) in [6, 6.07) is 8.33. The van der Waals surface area contributed by atoms with Gasteiger partial charge in [-0.15, -0.1) is 0 Å². The molecule has 6 N–H and O–H groups in total. The molecule has 0 amide bonds. The minimum absolute atomic E-state index is 0.119. The third-order valence-corrected chi connectivity index (χ3v) is 6.42. The molecule has 9 heteroatoms. The number of nitrogens with two attached hydrogens (primary N) is 2. The predicted octanol–water partition coefficient (Wildman–Crippen LogP) is 2.26. The molecule has 1 saturated heterocycles. The van der Waals surface area contributed by atoms with Crippen LogP contribution in [0.1, 0.15) is 38.5 Å². The summed E-state index contributed by atoms with van der Waals surface area (Å²) in [5.41, 5.74) is 7.28. The van der Waals surface area contributed by atoms with E-state index in [0.717, 1.165) is 63.1 Å². The molecule has 1 aromatic carbocycles. The number of piperidine rings is 1. The number of aliphatic hydroxyl groups excluding tert-OH is 1. The quantitative estimate of drug-likeness (QED) is 0.406. The summed E-state index contributed by atoms with van der Waals surface area (Å²) < 4.78 is 5.20. The molecule has 4 rings (SSSR count). The van der Waals surface area contributed by atoms with Crippen LogP contribution in [0, 0.1) is 0 Å². The summed E-state index contributed by atoms with van der Waals surface area (Å²) in [4.78, 5) is 11.5. The fourth-order valence-corrected chi connectivity index (χ4v) is 4.53. The molecular formula is C22H33N7O2. The summed E-state index contributed by atoms with van der Waals surface area (Å²) >= 11 is 0. The van der Waals surface area contributed by atoms with E-state index < -0.39 is 0 Å². The molecule has 9 nitrogen and oxygen atoms in total. The van der Waals surface area contributed by atoms with Crippen LogP contribution in [-0.2, 0) is 0 Å². The van der Waals surface area contributed by atoms with Crippen molar-refractivity contribution in [3.63, 3.8) is 0 Å². The Morgan fingerprint density at radius 2 is 1.77 bits per heavy atom. The van der Waals surface area contributed by atoms with E-state index in [1.54, 1.807) is 13.3 Å². The van der Waals surface area contributed by atoms with E-state index in [1.165, 1.54) is 5.01 Å². The number of hydrogen-bond donors (Lipinski definition) is 4. The van der Waals surface area contributed by atoms with Crippen LogP contribution in [-0.4, -0.2) is 58.4 Å². The lowest BCUT2D eigenvalue weighted by Gasteiger charge is -2.40. The Morgan fingerprint density at radius 1 is 1.10 bits per heavy atom. The highest BCUT2D eigenvalue weighted by atomic mass is 16.5. The van der Waals surface area contributed by atoms with Crippen LogP contribution in [0.4, 0.5) is 23.1 Å². The van der Waals surface area contributed by atoms with Crippen molar-refractivity contribution in [1.29, 1.82) is 0 Å². The minimum atomic E-state index is -0.119. The summed E-state index contributed by atoms with van der Waals surface area (Å²) in [5, 5.41) is 14.7. The highest BCUT2D eigenvalue weighted by Crippen LogP contribution is 2.30. The van der Waals surface area contributed by atoms with Gasteiger partial charge in [-0.3, -0.25) is 5.01 Å². The number of likely N-dealkylation sites (tertiary alicyclic amines) is 1. The number of anilines is 4. The molecular weight excluding hydrogens is 394 g/mol. The van der Waals surface area contributed by atoms with Crippen molar-refractivity contribution >= 4 is 23.1 Å². The van der Waals surface area contributed by atoms with Crippen molar-refractivity contribution < 1.29 is 9.84 Å². The van der Waals surface area contributed by atoms with Gasteiger partial charge in [0.2, 0.25) is 5.95 Å². The molecule has 2 aliphatic rings. The maximum absolute atomic E-state index is 9.73. The third kappa shape index (κ3) is 5.17. The fraction of sp³-hybridized carbons (Fsp3) is 0.545. The van der Waals surface area contributed by atoms with Crippen LogP contribution >= 0.6 is 0 Å². The first-order chi connectivity index (χ1) is 15.0. The van der Waals surface area contributed by atoms with Crippen molar-refractivity contribution in [3.8, 4) is 5.75 Å². The Morgan fingerprint density at radius 3 is 2.42 bits per heavy atom. The van der Waals surface area contributed by atoms with Crippen molar-refractivity contribution in [3.05, 3.63) is 30.5 Å². The molecule has 0 bridgehead atoms. The molecule has 2 fully saturated rings. The molecule has 0 radical (unpaired) electrons. The lowest BCUT2D eigenvalue weighted by Crippen LogP contribution is -2.45. The van der Waals surface area contributed by atoms with Crippen LogP contribution in [0.2, 0.25) is 0 Å². The molecule has 0 atom stereocenters. The van der Waals surface area contributed by atoms with E-state index in [1.807, 2.05) is 24.3 Å². The van der Waals surface area contributed by atoms with Gasteiger partial charge in [0, 0.05) is 25.2 Å². The number of nitrogens with one attached hydrogen (secondary N) is 1. The number of nitrogen functional groups attached to an aromatic ring is 1. The zero-order valence-corrected chi connectivity index (χ0v) is 18.1. The van der Waals surface area contributed by atoms with Gasteiger partial charge in [0.25, 0.3) is 0 Å². The van der Waals surface area contributed by atoms with E-state index in [2.05, 4.69) is 20.2 Å². The maximum Gasteiger partial charge on any atom is 0.225 e. The number of ether oxygens (including phenoxy) is 1. The largest absolute Gasteiger partial charge is 0.497 e. The number of aliphatic hydroxyl groups is 1. The van der Waals surface area contributed by atoms with Crippen molar-refractivity contribution in [1.82, 2.24) is 14.9 Å². The summed E-state index contributed by atoms with van der Waals surface area (Å²) in [7, 11) is 1.62. The van der Waals surface area contributed by atoms with E-state index in [4.69, 9.17) is 16.3 Å². The van der Waals surface area contributed by atoms with E-state index in [0.29, 0.717) is 29.5 Å². The SMILES string of the molecule is COc1ccc(N(N)c2nc(NC3CCC(N4CCC(O)CC4)CC3)ncc2N)cc1. The standard InChI is InChI=1S/C22H33N7O2/c1-31-19-8-6-17(7-9-19)29(24)21-20(23)14-25-22(27-21)26-15-2-4-16(5-3-15)28-12-10-18(30)11-13-28/h6-9,14-16,18,30H,2-5,10-13,23-24H2,1H3,(H,25,26,27).